The van der Waals surface area contributed by atoms with Crippen LogP contribution < -0.4 is 0 Å². The second-order valence-electron chi connectivity index (χ2n) is 7.07. The lowest BCUT2D eigenvalue weighted by Gasteiger charge is -2.21. The van der Waals surface area contributed by atoms with Gasteiger partial charge in [-0.15, -0.1) is 0 Å². The lowest BCUT2D eigenvalue weighted by Crippen LogP contribution is -2.38. The third-order valence-electron chi connectivity index (χ3n) is 4.88. The van der Waals surface area contributed by atoms with Crippen molar-refractivity contribution < 1.29 is 9.90 Å². The minimum atomic E-state index is -0.543. The number of carbonyl (C=O) groups is 1. The molecule has 8 nitrogen and oxygen atoms in total. The number of amides is 1. The predicted octanol–water partition coefficient (Wildman–Crippen LogP) is 0.258. The number of aliphatic hydroxyl groups excluding tert-OH is 1. The zero-order chi connectivity index (χ0) is 17.2. The van der Waals surface area contributed by atoms with Gasteiger partial charge in [-0.05, 0) is 18.9 Å². The molecule has 2 fully saturated rings. The Morgan fingerprint density at radius 1 is 1.28 bits per heavy atom. The number of nitrogens with zero attached hydrogens (tertiary/aromatic N) is 4. The lowest BCUT2D eigenvalue weighted by molar-refractivity contribution is -0.131. The Hall–Kier alpha value is -2.19. The molecule has 1 saturated carbocycles. The Balaban J connectivity index is 1.34. The number of rotatable bonds is 5. The largest absolute Gasteiger partial charge is 0.390 e. The molecular formula is C17H24N6O2. The fourth-order valence-corrected chi connectivity index (χ4v) is 3.37. The van der Waals surface area contributed by atoms with E-state index < -0.39 is 6.10 Å². The van der Waals surface area contributed by atoms with Crippen LogP contribution in [0.25, 0.3) is 0 Å². The van der Waals surface area contributed by atoms with Crippen LogP contribution in [0, 0.1) is 0 Å². The molecule has 2 aromatic heterocycles. The summed E-state index contributed by atoms with van der Waals surface area (Å²) in [6, 6.07) is 2.14. The van der Waals surface area contributed by atoms with Crippen molar-refractivity contribution in [1.29, 1.82) is 0 Å². The first kappa shape index (κ1) is 16.3. The maximum Gasteiger partial charge on any atom is 0.228 e. The Morgan fingerprint density at radius 2 is 2.16 bits per heavy atom. The highest BCUT2D eigenvalue weighted by atomic mass is 16.3. The fraction of sp³-hybridized carbons (Fsp3) is 0.588. The van der Waals surface area contributed by atoms with Crippen molar-refractivity contribution in [3.8, 4) is 0 Å². The maximum atomic E-state index is 12.4. The molecule has 0 aromatic carbocycles. The summed E-state index contributed by atoms with van der Waals surface area (Å²) >= 11 is 0. The normalized spacial score (nSPS) is 22.1. The van der Waals surface area contributed by atoms with Gasteiger partial charge in [0.15, 0.2) is 0 Å². The van der Waals surface area contributed by atoms with E-state index in [1.807, 2.05) is 0 Å². The molecule has 1 atom stereocenters. The van der Waals surface area contributed by atoms with E-state index in [0.29, 0.717) is 25.6 Å². The molecule has 3 N–H and O–H groups in total. The number of β-amino-alcohol motifs (C(OH)–C–C–N with tert-alkyl or cyclic N) is 1. The topological polar surface area (TPSA) is 101 Å². The number of aromatic nitrogens is 4. The molecular weight excluding hydrogens is 320 g/mol. The predicted molar refractivity (Wildman–Crippen MR) is 90.7 cm³/mol. The van der Waals surface area contributed by atoms with E-state index in [4.69, 9.17) is 0 Å². The van der Waals surface area contributed by atoms with Gasteiger partial charge in [-0.25, -0.2) is 4.98 Å². The first-order valence-electron chi connectivity index (χ1n) is 8.87. The molecule has 2 aliphatic rings. The van der Waals surface area contributed by atoms with Gasteiger partial charge in [-0.3, -0.25) is 14.8 Å². The van der Waals surface area contributed by atoms with Crippen LogP contribution in [0.2, 0.25) is 0 Å². The van der Waals surface area contributed by atoms with Gasteiger partial charge in [0.1, 0.15) is 0 Å². The molecule has 2 aromatic rings. The highest BCUT2D eigenvalue weighted by Crippen LogP contribution is 2.39. The van der Waals surface area contributed by atoms with Crippen LogP contribution in [0.5, 0.6) is 0 Å². The van der Waals surface area contributed by atoms with Crippen molar-refractivity contribution in [3.05, 3.63) is 35.7 Å². The average molecular weight is 344 g/mol. The second kappa shape index (κ2) is 6.97. The summed E-state index contributed by atoms with van der Waals surface area (Å²) in [6.45, 7) is 3.02. The van der Waals surface area contributed by atoms with E-state index in [1.54, 1.807) is 17.4 Å². The molecule has 0 bridgehead atoms. The summed E-state index contributed by atoms with van der Waals surface area (Å²) in [4.78, 5) is 23.3. The molecule has 3 heterocycles. The van der Waals surface area contributed by atoms with Gasteiger partial charge < -0.3 is 15.0 Å². The van der Waals surface area contributed by atoms with Crippen molar-refractivity contribution >= 4 is 5.91 Å². The number of nitrogens with one attached hydrogen (secondary N) is 2. The molecule has 4 rings (SSSR count). The van der Waals surface area contributed by atoms with Crippen molar-refractivity contribution in [2.45, 2.75) is 37.8 Å². The van der Waals surface area contributed by atoms with Crippen LogP contribution in [0.3, 0.4) is 0 Å². The third kappa shape index (κ3) is 4.08. The summed E-state index contributed by atoms with van der Waals surface area (Å²) in [6.07, 6.45) is 5.45. The number of imidazole rings is 1. The molecule has 0 radical (unpaired) electrons. The van der Waals surface area contributed by atoms with E-state index >= 15 is 0 Å². The monoisotopic (exact) mass is 344 g/mol. The molecule has 1 amide bonds. The molecule has 1 aliphatic heterocycles. The summed E-state index contributed by atoms with van der Waals surface area (Å²) in [5.41, 5.74) is 3.03. The van der Waals surface area contributed by atoms with Gasteiger partial charge in [-0.1, -0.05) is 0 Å². The van der Waals surface area contributed by atoms with Crippen LogP contribution in [-0.2, 0) is 17.8 Å². The van der Waals surface area contributed by atoms with Crippen molar-refractivity contribution in [1.82, 2.24) is 30.0 Å². The highest BCUT2D eigenvalue weighted by Gasteiger charge is 2.27. The van der Waals surface area contributed by atoms with Gasteiger partial charge in [-0.2, -0.15) is 5.10 Å². The number of aromatic amines is 2. The summed E-state index contributed by atoms with van der Waals surface area (Å²) < 4.78 is 0. The lowest BCUT2D eigenvalue weighted by atomic mass is 10.2. The maximum absolute atomic E-state index is 12.4. The van der Waals surface area contributed by atoms with E-state index in [0.717, 1.165) is 30.2 Å². The minimum Gasteiger partial charge on any atom is -0.390 e. The minimum absolute atomic E-state index is 0.0164. The molecule has 0 unspecified atom stereocenters. The SMILES string of the molecule is O=C(Cc1cnc[nH]1)N1CCN(Cc2cc(C3CC3)n[nH]2)C[C@H](O)C1. The molecule has 25 heavy (non-hydrogen) atoms. The Kier molecular flexibility index (Phi) is 4.54. The van der Waals surface area contributed by atoms with E-state index in [-0.39, 0.29) is 12.3 Å². The number of aliphatic hydroxyl groups is 1. The van der Waals surface area contributed by atoms with Gasteiger partial charge >= 0.3 is 0 Å². The Labute approximate surface area is 146 Å². The summed E-state index contributed by atoms with van der Waals surface area (Å²) in [5.74, 6) is 0.651. The molecule has 1 aliphatic carbocycles. The first-order valence-corrected chi connectivity index (χ1v) is 8.87. The van der Waals surface area contributed by atoms with Crippen molar-refractivity contribution in [3.63, 3.8) is 0 Å². The standard InChI is InChI=1S/C17H24N6O2/c24-15-9-22(8-14-5-16(21-20-14)12-1-2-12)3-4-23(10-15)17(25)6-13-7-18-11-19-13/h5,7,11-12,15,24H,1-4,6,8-10H2,(H,18,19)(H,20,21)/t15-/m0/s1. The van der Waals surface area contributed by atoms with Crippen LogP contribution in [0.4, 0.5) is 0 Å². The molecule has 1 saturated heterocycles. The highest BCUT2D eigenvalue weighted by molar-refractivity contribution is 5.78. The van der Waals surface area contributed by atoms with Crippen LogP contribution >= 0.6 is 0 Å². The molecule has 134 valence electrons. The third-order valence-corrected chi connectivity index (χ3v) is 4.88. The number of carbonyl (C=O) groups excluding carboxylic acids is 1. The quantitative estimate of drug-likeness (QED) is 0.722. The van der Waals surface area contributed by atoms with Gasteiger partial charge in [0.25, 0.3) is 0 Å². The zero-order valence-corrected chi connectivity index (χ0v) is 14.2. The molecule has 0 spiro atoms. The van der Waals surface area contributed by atoms with Crippen molar-refractivity contribution in [2.75, 3.05) is 26.2 Å². The Bertz CT molecular complexity index is 709. The number of H-pyrrole nitrogens is 2. The van der Waals surface area contributed by atoms with E-state index in [9.17, 15) is 9.90 Å². The second-order valence-corrected chi connectivity index (χ2v) is 7.07. The van der Waals surface area contributed by atoms with Gasteiger partial charge in [0.05, 0.1) is 24.5 Å². The van der Waals surface area contributed by atoms with E-state index in [1.165, 1.54) is 12.8 Å². The zero-order valence-electron chi connectivity index (χ0n) is 14.2. The van der Waals surface area contributed by atoms with Crippen LogP contribution in [-0.4, -0.2) is 73.3 Å². The summed E-state index contributed by atoms with van der Waals surface area (Å²) in [5, 5.41) is 17.8. The Morgan fingerprint density at radius 3 is 2.92 bits per heavy atom. The van der Waals surface area contributed by atoms with Gasteiger partial charge in [0.2, 0.25) is 5.91 Å². The van der Waals surface area contributed by atoms with Crippen LogP contribution in [0.1, 0.15) is 35.8 Å². The van der Waals surface area contributed by atoms with Crippen LogP contribution in [0.15, 0.2) is 18.6 Å². The number of hydrogen-bond donors (Lipinski definition) is 3. The van der Waals surface area contributed by atoms with E-state index in [2.05, 4.69) is 31.1 Å². The number of hydrogen-bond acceptors (Lipinski definition) is 5. The fourth-order valence-electron chi connectivity index (χ4n) is 3.37. The smallest absolute Gasteiger partial charge is 0.228 e. The molecule has 8 heteroatoms. The first-order chi connectivity index (χ1) is 12.2. The average Bonchev–Trinajstić information content (AvgIpc) is 3.18. The van der Waals surface area contributed by atoms with Crippen molar-refractivity contribution in [2.24, 2.45) is 0 Å². The van der Waals surface area contributed by atoms with Gasteiger partial charge in [0, 0.05) is 56.2 Å². The summed E-state index contributed by atoms with van der Waals surface area (Å²) in [7, 11) is 0.